The second-order valence-corrected chi connectivity index (χ2v) is 3.52. The first-order chi connectivity index (χ1) is 6.58. The number of imidazole rings is 1. The van der Waals surface area contributed by atoms with Gasteiger partial charge in [-0.2, -0.15) is 0 Å². The van der Waals surface area contributed by atoms with Crippen LogP contribution in [0.25, 0.3) is 0 Å². The van der Waals surface area contributed by atoms with Gasteiger partial charge in [-0.3, -0.25) is 9.69 Å². The van der Waals surface area contributed by atoms with Gasteiger partial charge < -0.3 is 15.8 Å². The Balaban J connectivity index is 2.30. The van der Waals surface area contributed by atoms with E-state index in [2.05, 4.69) is 9.97 Å². The highest BCUT2D eigenvalue weighted by Gasteiger charge is 2.30. The molecule has 1 unspecified atom stereocenters. The molecule has 1 atom stereocenters. The molecule has 0 aromatic carbocycles. The zero-order chi connectivity index (χ0) is 10.3. The normalized spacial score (nSPS) is 21.9. The standard InChI is InChI=1S/C8H12N4O2/c1-12-3-5-4(10-8(9)11-5)2-6(12)7(13)14/h6H,2-3H2,1H3,(H,13,14)(H3,9,10,11). The lowest BCUT2D eigenvalue weighted by Crippen LogP contribution is -2.43. The molecule has 6 heteroatoms. The van der Waals surface area contributed by atoms with E-state index in [-0.39, 0.29) is 0 Å². The van der Waals surface area contributed by atoms with Crippen LogP contribution in [-0.4, -0.2) is 39.0 Å². The van der Waals surface area contributed by atoms with Gasteiger partial charge in [-0.25, -0.2) is 4.98 Å². The molecule has 0 radical (unpaired) electrons. The molecule has 4 N–H and O–H groups in total. The average Bonchev–Trinajstić information content (AvgIpc) is 2.42. The maximum absolute atomic E-state index is 10.9. The third kappa shape index (κ3) is 1.33. The first-order valence-electron chi connectivity index (χ1n) is 4.34. The van der Waals surface area contributed by atoms with Gasteiger partial charge in [0, 0.05) is 13.0 Å². The van der Waals surface area contributed by atoms with Crippen LogP contribution in [0, 0.1) is 0 Å². The largest absolute Gasteiger partial charge is 0.480 e. The van der Waals surface area contributed by atoms with E-state index in [0.717, 1.165) is 11.4 Å². The van der Waals surface area contributed by atoms with Crippen LogP contribution in [0.1, 0.15) is 11.4 Å². The van der Waals surface area contributed by atoms with Crippen molar-refractivity contribution in [3.63, 3.8) is 0 Å². The van der Waals surface area contributed by atoms with Crippen LogP contribution in [0.5, 0.6) is 0 Å². The molecule has 1 aliphatic rings. The average molecular weight is 196 g/mol. The summed E-state index contributed by atoms with van der Waals surface area (Å²) in [5.74, 6) is -0.464. The summed E-state index contributed by atoms with van der Waals surface area (Å²) < 4.78 is 0. The quantitative estimate of drug-likeness (QED) is 0.559. The monoisotopic (exact) mass is 196 g/mol. The highest BCUT2D eigenvalue weighted by Crippen LogP contribution is 2.20. The summed E-state index contributed by atoms with van der Waals surface area (Å²) in [6, 6.07) is -0.495. The van der Waals surface area contributed by atoms with Crippen LogP contribution in [0.15, 0.2) is 0 Å². The molecule has 1 aliphatic heterocycles. The van der Waals surface area contributed by atoms with Gasteiger partial charge in [-0.1, -0.05) is 0 Å². The van der Waals surface area contributed by atoms with E-state index in [4.69, 9.17) is 10.8 Å². The van der Waals surface area contributed by atoms with E-state index in [1.54, 1.807) is 11.9 Å². The third-order valence-corrected chi connectivity index (χ3v) is 2.49. The molecule has 0 saturated carbocycles. The molecule has 2 heterocycles. The summed E-state index contributed by atoms with van der Waals surface area (Å²) in [6.07, 6.45) is 0.412. The van der Waals surface area contributed by atoms with Crippen molar-refractivity contribution >= 4 is 11.9 Å². The number of nitrogens with two attached hydrogens (primary N) is 1. The minimum atomic E-state index is -0.820. The Bertz CT molecular complexity index is 373. The van der Waals surface area contributed by atoms with E-state index in [0.29, 0.717) is 18.9 Å². The van der Waals surface area contributed by atoms with Crippen molar-refractivity contribution in [1.82, 2.24) is 14.9 Å². The number of hydrogen-bond acceptors (Lipinski definition) is 4. The summed E-state index contributed by atoms with van der Waals surface area (Å²) in [5.41, 5.74) is 7.18. The number of nitrogens with one attached hydrogen (secondary N) is 1. The lowest BCUT2D eigenvalue weighted by atomic mass is 10.0. The van der Waals surface area contributed by atoms with Crippen molar-refractivity contribution in [2.45, 2.75) is 19.0 Å². The number of likely N-dealkylation sites (N-methyl/N-ethyl adjacent to an activating group) is 1. The lowest BCUT2D eigenvalue weighted by Gasteiger charge is -2.28. The van der Waals surface area contributed by atoms with Crippen LogP contribution < -0.4 is 5.73 Å². The Kier molecular flexibility index (Phi) is 1.92. The number of carboxylic acids is 1. The van der Waals surface area contributed by atoms with Crippen LogP contribution in [0.2, 0.25) is 0 Å². The summed E-state index contributed by atoms with van der Waals surface area (Å²) in [7, 11) is 1.78. The zero-order valence-electron chi connectivity index (χ0n) is 7.82. The number of carbonyl (C=O) groups is 1. The van der Waals surface area contributed by atoms with Crippen molar-refractivity contribution in [1.29, 1.82) is 0 Å². The fourth-order valence-corrected chi connectivity index (χ4v) is 1.74. The number of aliphatic carboxylic acids is 1. The van der Waals surface area contributed by atoms with Crippen LogP contribution in [0.4, 0.5) is 5.95 Å². The van der Waals surface area contributed by atoms with Gasteiger partial charge in [0.2, 0.25) is 0 Å². The Morgan fingerprint density at radius 1 is 1.79 bits per heavy atom. The smallest absolute Gasteiger partial charge is 0.321 e. The molecule has 1 aromatic heterocycles. The van der Waals surface area contributed by atoms with E-state index in [9.17, 15) is 4.79 Å². The number of aromatic amines is 1. The molecule has 14 heavy (non-hydrogen) atoms. The van der Waals surface area contributed by atoms with Gasteiger partial charge in [0.25, 0.3) is 0 Å². The maximum Gasteiger partial charge on any atom is 0.321 e. The van der Waals surface area contributed by atoms with Gasteiger partial charge >= 0.3 is 5.97 Å². The van der Waals surface area contributed by atoms with E-state index in [1.165, 1.54) is 0 Å². The third-order valence-electron chi connectivity index (χ3n) is 2.49. The summed E-state index contributed by atoms with van der Waals surface area (Å²) in [5, 5.41) is 8.93. The number of hydrogen-bond donors (Lipinski definition) is 3. The molecular weight excluding hydrogens is 184 g/mol. The predicted molar refractivity (Wildman–Crippen MR) is 49.6 cm³/mol. The van der Waals surface area contributed by atoms with Gasteiger partial charge in [0.15, 0.2) is 5.95 Å². The number of anilines is 1. The van der Waals surface area contributed by atoms with Crippen molar-refractivity contribution in [2.75, 3.05) is 12.8 Å². The number of nitrogen functional groups attached to an aromatic ring is 1. The zero-order valence-corrected chi connectivity index (χ0v) is 7.82. The minimum Gasteiger partial charge on any atom is -0.480 e. The fraction of sp³-hybridized carbons (Fsp3) is 0.500. The molecule has 0 saturated heterocycles. The van der Waals surface area contributed by atoms with Gasteiger partial charge in [-0.15, -0.1) is 0 Å². The van der Waals surface area contributed by atoms with Crippen molar-refractivity contribution in [3.05, 3.63) is 11.4 Å². The van der Waals surface area contributed by atoms with Crippen LogP contribution in [-0.2, 0) is 17.8 Å². The number of H-pyrrole nitrogens is 1. The number of fused-ring (bicyclic) bond motifs is 1. The number of aromatic nitrogens is 2. The van der Waals surface area contributed by atoms with Gasteiger partial charge in [0.1, 0.15) is 6.04 Å². The molecular formula is C8H12N4O2. The highest BCUT2D eigenvalue weighted by atomic mass is 16.4. The number of rotatable bonds is 1. The lowest BCUT2D eigenvalue weighted by molar-refractivity contribution is -0.143. The topological polar surface area (TPSA) is 95.2 Å². The summed E-state index contributed by atoms with van der Waals surface area (Å²) >= 11 is 0. The first kappa shape index (κ1) is 9.01. The number of carboxylic acid groups (broad SMARTS) is 1. The summed E-state index contributed by atoms with van der Waals surface area (Å²) in [4.78, 5) is 19.6. The molecule has 1 aromatic rings. The molecule has 76 valence electrons. The van der Waals surface area contributed by atoms with Crippen molar-refractivity contribution in [2.24, 2.45) is 0 Å². The molecule has 0 spiro atoms. The predicted octanol–water partition coefficient (Wildman–Crippen LogP) is -0.567. The fourth-order valence-electron chi connectivity index (χ4n) is 1.74. The molecule has 0 amide bonds. The Hall–Kier alpha value is -1.56. The maximum atomic E-state index is 10.9. The first-order valence-corrected chi connectivity index (χ1v) is 4.34. The Morgan fingerprint density at radius 3 is 3.14 bits per heavy atom. The molecule has 0 fully saturated rings. The summed E-state index contributed by atoms with van der Waals surface area (Å²) in [6.45, 7) is 0.552. The Morgan fingerprint density at radius 2 is 2.50 bits per heavy atom. The van der Waals surface area contributed by atoms with Crippen molar-refractivity contribution < 1.29 is 9.90 Å². The molecule has 0 aliphatic carbocycles. The minimum absolute atomic E-state index is 0.356. The second kappa shape index (κ2) is 2.98. The van der Waals surface area contributed by atoms with Crippen molar-refractivity contribution in [3.8, 4) is 0 Å². The van der Waals surface area contributed by atoms with Crippen LogP contribution >= 0.6 is 0 Å². The second-order valence-electron chi connectivity index (χ2n) is 3.52. The highest BCUT2D eigenvalue weighted by molar-refractivity contribution is 5.74. The molecule has 6 nitrogen and oxygen atoms in total. The number of nitrogens with zero attached hydrogens (tertiary/aromatic N) is 2. The van der Waals surface area contributed by atoms with E-state index in [1.807, 2.05) is 0 Å². The Labute approximate surface area is 80.7 Å². The van der Waals surface area contributed by atoms with E-state index < -0.39 is 12.0 Å². The van der Waals surface area contributed by atoms with Crippen LogP contribution in [0.3, 0.4) is 0 Å². The molecule has 0 bridgehead atoms. The van der Waals surface area contributed by atoms with E-state index >= 15 is 0 Å². The molecule has 2 rings (SSSR count). The van der Waals surface area contributed by atoms with Gasteiger partial charge in [0.05, 0.1) is 11.4 Å². The van der Waals surface area contributed by atoms with Gasteiger partial charge in [-0.05, 0) is 7.05 Å². The SMILES string of the molecule is CN1Cc2[nH]c(N)nc2CC1C(=O)O.